The highest BCUT2D eigenvalue weighted by Gasteiger charge is 2.26. The number of rotatable bonds is 6. The minimum Gasteiger partial charge on any atom is -0.365 e. The summed E-state index contributed by atoms with van der Waals surface area (Å²) >= 11 is 8.68. The first-order chi connectivity index (χ1) is 12.6. The zero-order chi connectivity index (χ0) is 18.1. The highest BCUT2D eigenvalue weighted by Crippen LogP contribution is 2.34. The first kappa shape index (κ1) is 18.7. The van der Waals surface area contributed by atoms with E-state index in [1.165, 1.54) is 49.4 Å². The molecule has 0 spiro atoms. The van der Waals surface area contributed by atoms with Crippen LogP contribution in [0.5, 0.6) is 0 Å². The molecule has 0 radical (unpaired) electrons. The van der Waals surface area contributed by atoms with Gasteiger partial charge in [-0.1, -0.05) is 29.0 Å². The molecular weight excluding hydrogens is 461 g/mol. The van der Waals surface area contributed by atoms with E-state index in [0.29, 0.717) is 11.7 Å². The molecule has 2 fully saturated rings. The van der Waals surface area contributed by atoms with Gasteiger partial charge in [0.05, 0.1) is 6.33 Å². The number of aromatic nitrogens is 4. The van der Waals surface area contributed by atoms with Gasteiger partial charge >= 0.3 is 0 Å². The lowest BCUT2D eigenvalue weighted by atomic mass is 9.80. The standard InChI is InChI=1S/C19H27ClIN5/c1-12(15-3-2-4-15)23-18-16-17(24-19(20)25-18)22-11-26(16)10-14-7-5-13(9-21)6-8-14/h11-15H,2-10H2,1H3,(H,23,24,25)/t12-,13?,14?/m1/s1. The lowest BCUT2D eigenvalue weighted by molar-refractivity contribution is 0.271. The Hall–Kier alpha value is -0.630. The molecule has 2 aliphatic carbocycles. The van der Waals surface area contributed by atoms with Crippen LogP contribution in [-0.2, 0) is 6.54 Å². The smallest absolute Gasteiger partial charge is 0.226 e. The predicted octanol–water partition coefficient (Wildman–Crippen LogP) is 5.32. The van der Waals surface area contributed by atoms with Gasteiger partial charge < -0.3 is 9.88 Å². The first-order valence-electron chi connectivity index (χ1n) is 9.85. The Bertz CT molecular complexity index is 752. The van der Waals surface area contributed by atoms with Crippen molar-refractivity contribution in [2.75, 3.05) is 9.74 Å². The Labute approximate surface area is 173 Å². The summed E-state index contributed by atoms with van der Waals surface area (Å²) in [4.78, 5) is 13.4. The van der Waals surface area contributed by atoms with Gasteiger partial charge in [-0.05, 0) is 74.8 Å². The second-order valence-corrected chi connectivity index (χ2v) is 9.29. The minimum absolute atomic E-state index is 0.272. The monoisotopic (exact) mass is 487 g/mol. The number of alkyl halides is 1. The van der Waals surface area contributed by atoms with E-state index in [2.05, 4.69) is 54.4 Å². The molecule has 0 unspecified atom stereocenters. The van der Waals surface area contributed by atoms with Crippen molar-refractivity contribution in [3.05, 3.63) is 11.6 Å². The molecule has 5 nitrogen and oxygen atoms in total. The van der Waals surface area contributed by atoms with Crippen LogP contribution < -0.4 is 5.32 Å². The first-order valence-corrected chi connectivity index (χ1v) is 11.7. The zero-order valence-electron chi connectivity index (χ0n) is 15.3. The summed E-state index contributed by atoms with van der Waals surface area (Å²) < 4.78 is 3.54. The van der Waals surface area contributed by atoms with Crippen molar-refractivity contribution in [2.24, 2.45) is 17.8 Å². The Balaban J connectivity index is 1.55. The fourth-order valence-electron chi connectivity index (χ4n) is 4.31. The molecule has 2 aromatic rings. The van der Waals surface area contributed by atoms with Crippen LogP contribution in [0.1, 0.15) is 51.9 Å². The molecule has 2 heterocycles. The van der Waals surface area contributed by atoms with Crippen LogP contribution in [0.2, 0.25) is 5.28 Å². The SMILES string of the molecule is C[C@@H](Nc1nc(Cl)nc2ncn(CC3CCC(CI)CC3)c12)C1CCC1. The van der Waals surface area contributed by atoms with E-state index >= 15 is 0 Å². The maximum atomic E-state index is 6.16. The largest absolute Gasteiger partial charge is 0.365 e. The van der Waals surface area contributed by atoms with Crippen molar-refractivity contribution in [1.29, 1.82) is 0 Å². The van der Waals surface area contributed by atoms with Crippen LogP contribution in [0, 0.1) is 17.8 Å². The lowest BCUT2D eigenvalue weighted by Gasteiger charge is -2.32. The van der Waals surface area contributed by atoms with Crippen LogP contribution >= 0.6 is 34.2 Å². The average Bonchev–Trinajstić information content (AvgIpc) is 2.96. The minimum atomic E-state index is 0.272. The van der Waals surface area contributed by atoms with Crippen molar-refractivity contribution >= 4 is 51.2 Å². The summed E-state index contributed by atoms with van der Waals surface area (Å²) in [6, 6.07) is 0.403. The molecule has 142 valence electrons. The van der Waals surface area contributed by atoms with Crippen molar-refractivity contribution in [3.63, 3.8) is 0 Å². The summed E-state index contributed by atoms with van der Waals surface area (Å²) in [5, 5.41) is 3.88. The van der Waals surface area contributed by atoms with Gasteiger partial charge in [0.25, 0.3) is 0 Å². The highest BCUT2D eigenvalue weighted by atomic mass is 127. The van der Waals surface area contributed by atoms with Crippen molar-refractivity contribution in [3.8, 4) is 0 Å². The molecular formula is C19H27ClIN5. The van der Waals surface area contributed by atoms with Crippen LogP contribution in [0.15, 0.2) is 6.33 Å². The number of nitrogens with zero attached hydrogens (tertiary/aromatic N) is 4. The fourth-order valence-corrected chi connectivity index (χ4v) is 5.36. The number of hydrogen-bond acceptors (Lipinski definition) is 4. The summed E-state index contributed by atoms with van der Waals surface area (Å²) in [6.45, 7) is 3.25. The normalized spacial score (nSPS) is 25.2. The van der Waals surface area contributed by atoms with Crippen molar-refractivity contribution in [2.45, 2.75) is 64.5 Å². The summed E-state index contributed by atoms with van der Waals surface area (Å²) in [6.07, 6.45) is 11.2. The molecule has 1 N–H and O–H groups in total. The molecule has 26 heavy (non-hydrogen) atoms. The Kier molecular flexibility index (Phi) is 5.88. The molecule has 2 aromatic heterocycles. The van der Waals surface area contributed by atoms with Crippen molar-refractivity contribution < 1.29 is 0 Å². The highest BCUT2D eigenvalue weighted by molar-refractivity contribution is 14.1. The third kappa shape index (κ3) is 3.96. The second kappa shape index (κ2) is 8.17. The third-order valence-electron chi connectivity index (χ3n) is 6.31. The van der Waals surface area contributed by atoms with Gasteiger partial charge in [0, 0.05) is 17.0 Å². The Morgan fingerprint density at radius 1 is 1.19 bits per heavy atom. The van der Waals surface area contributed by atoms with E-state index in [-0.39, 0.29) is 5.28 Å². The van der Waals surface area contributed by atoms with Gasteiger partial charge in [0.2, 0.25) is 5.28 Å². The van der Waals surface area contributed by atoms with Gasteiger partial charge in [-0.3, -0.25) is 0 Å². The predicted molar refractivity (Wildman–Crippen MR) is 115 cm³/mol. The number of halogens is 2. The molecule has 2 saturated carbocycles. The number of hydrogen-bond donors (Lipinski definition) is 1. The zero-order valence-corrected chi connectivity index (χ0v) is 18.2. The average molecular weight is 488 g/mol. The molecule has 0 saturated heterocycles. The maximum Gasteiger partial charge on any atom is 0.226 e. The summed E-state index contributed by atoms with van der Waals surface area (Å²) in [5.74, 6) is 3.21. The van der Waals surface area contributed by atoms with E-state index in [4.69, 9.17) is 11.6 Å². The third-order valence-corrected chi connectivity index (χ3v) is 7.72. The van der Waals surface area contributed by atoms with Gasteiger partial charge in [0.15, 0.2) is 11.5 Å². The molecule has 2 aliphatic rings. The quantitative estimate of drug-likeness (QED) is 0.340. The van der Waals surface area contributed by atoms with Gasteiger partial charge in [-0.25, -0.2) is 4.98 Å². The molecule has 0 aromatic carbocycles. The van der Waals surface area contributed by atoms with Gasteiger partial charge in [-0.2, -0.15) is 9.97 Å². The molecule has 7 heteroatoms. The molecule has 0 aliphatic heterocycles. The van der Waals surface area contributed by atoms with Crippen LogP contribution in [0.25, 0.3) is 11.2 Å². The van der Waals surface area contributed by atoms with Crippen LogP contribution in [0.4, 0.5) is 5.82 Å². The Morgan fingerprint density at radius 2 is 1.92 bits per heavy atom. The number of nitrogens with one attached hydrogen (secondary N) is 1. The lowest BCUT2D eigenvalue weighted by Crippen LogP contribution is -2.31. The van der Waals surface area contributed by atoms with Crippen molar-refractivity contribution in [1.82, 2.24) is 19.5 Å². The van der Waals surface area contributed by atoms with Gasteiger partial charge in [-0.15, -0.1) is 0 Å². The molecule has 1 atom stereocenters. The summed E-state index contributed by atoms with van der Waals surface area (Å²) in [7, 11) is 0. The van der Waals surface area contributed by atoms with Crippen LogP contribution in [0.3, 0.4) is 0 Å². The summed E-state index contributed by atoms with van der Waals surface area (Å²) in [5.41, 5.74) is 1.71. The van der Waals surface area contributed by atoms with E-state index in [0.717, 1.165) is 35.6 Å². The number of imidazole rings is 1. The molecule has 0 amide bonds. The topological polar surface area (TPSA) is 55.6 Å². The number of fused-ring (bicyclic) bond motifs is 1. The number of anilines is 1. The van der Waals surface area contributed by atoms with E-state index in [1.54, 1.807) is 0 Å². The van der Waals surface area contributed by atoms with E-state index < -0.39 is 0 Å². The van der Waals surface area contributed by atoms with Gasteiger partial charge in [0.1, 0.15) is 5.52 Å². The molecule has 4 rings (SSSR count). The fraction of sp³-hybridized carbons (Fsp3) is 0.737. The Morgan fingerprint density at radius 3 is 2.58 bits per heavy atom. The van der Waals surface area contributed by atoms with E-state index in [9.17, 15) is 0 Å². The molecule has 0 bridgehead atoms. The maximum absolute atomic E-state index is 6.16. The second-order valence-electron chi connectivity index (χ2n) is 8.08. The van der Waals surface area contributed by atoms with E-state index in [1.807, 2.05) is 6.33 Å². The van der Waals surface area contributed by atoms with Crippen LogP contribution in [-0.4, -0.2) is 30.0 Å².